The summed E-state index contributed by atoms with van der Waals surface area (Å²) in [6.45, 7) is 8.20. The maximum atomic E-state index is 12.0. The molecule has 0 saturated heterocycles. The minimum atomic E-state index is -2.90. The molecular weight excluding hydrogens is 170 g/mol. The number of rotatable bonds is 5. The summed E-state index contributed by atoms with van der Waals surface area (Å²) < 4.78 is 21.9. The Labute approximate surface area is 83.9 Å². The van der Waals surface area contributed by atoms with Crippen molar-refractivity contribution in [1.29, 1.82) is 0 Å². The van der Waals surface area contributed by atoms with Crippen LogP contribution in [0.25, 0.3) is 0 Å². The van der Waals surface area contributed by atoms with E-state index >= 15 is 0 Å². The van der Waals surface area contributed by atoms with Crippen molar-refractivity contribution in [2.24, 2.45) is 0 Å². The molecule has 0 aromatic rings. The van der Waals surface area contributed by atoms with E-state index in [-0.39, 0.29) is 0 Å². The molecule has 0 aromatic heterocycles. The van der Waals surface area contributed by atoms with Crippen LogP contribution in [-0.2, 0) is 13.6 Å². The van der Waals surface area contributed by atoms with E-state index in [4.69, 9.17) is 9.05 Å². The van der Waals surface area contributed by atoms with Crippen LogP contribution in [0.1, 0.15) is 27.7 Å². The zero-order chi connectivity index (χ0) is 9.83. The van der Waals surface area contributed by atoms with Gasteiger partial charge in [-0.15, -0.1) is 0 Å². The molecule has 0 bridgehead atoms. The molecule has 0 rings (SSSR count). The van der Waals surface area contributed by atoms with E-state index in [1.54, 1.807) is 0 Å². The van der Waals surface area contributed by atoms with Gasteiger partial charge in [0, 0.05) is 0 Å². The molecule has 0 aliphatic rings. The van der Waals surface area contributed by atoms with Gasteiger partial charge in [-0.3, -0.25) is 0 Å². The van der Waals surface area contributed by atoms with Crippen LogP contribution in [0.4, 0.5) is 0 Å². The second kappa shape index (κ2) is 4.84. The SMILES string of the molecule is [Li][C](C)(C)P(=O)(OCC)OCC. The third kappa shape index (κ3) is 3.24. The monoisotopic (exact) mass is 186 g/mol. The van der Waals surface area contributed by atoms with Gasteiger partial charge in [0.15, 0.2) is 0 Å². The Balaban J connectivity index is 4.51. The van der Waals surface area contributed by atoms with Gasteiger partial charge in [-0.05, 0) is 0 Å². The number of hydrogen-bond acceptors (Lipinski definition) is 3. The molecule has 0 radical (unpaired) electrons. The van der Waals surface area contributed by atoms with Gasteiger partial charge in [-0.2, -0.15) is 0 Å². The average Bonchev–Trinajstić information content (AvgIpc) is 1.86. The third-order valence-electron chi connectivity index (χ3n) is 1.42. The van der Waals surface area contributed by atoms with Crippen molar-refractivity contribution in [1.82, 2.24) is 0 Å². The summed E-state index contributed by atoms with van der Waals surface area (Å²) in [6.07, 6.45) is 0. The molecule has 0 fully saturated rings. The molecule has 12 heavy (non-hydrogen) atoms. The summed E-state index contributed by atoms with van der Waals surface area (Å²) in [4.78, 5) is 0. The zero-order valence-corrected chi connectivity index (χ0v) is 9.48. The van der Waals surface area contributed by atoms with Crippen molar-refractivity contribution in [2.45, 2.75) is 31.5 Å². The van der Waals surface area contributed by atoms with Crippen molar-refractivity contribution in [3.8, 4) is 0 Å². The van der Waals surface area contributed by atoms with Crippen LogP contribution >= 0.6 is 7.60 Å². The quantitative estimate of drug-likeness (QED) is 0.487. The summed E-state index contributed by atoms with van der Waals surface area (Å²) >= 11 is 1.86. The molecule has 0 saturated carbocycles. The molecule has 0 spiro atoms. The van der Waals surface area contributed by atoms with Crippen molar-refractivity contribution in [3.63, 3.8) is 0 Å². The van der Waals surface area contributed by atoms with Crippen LogP contribution in [0.15, 0.2) is 0 Å². The second-order valence-electron chi connectivity index (χ2n) is 3.50. The van der Waals surface area contributed by atoms with Gasteiger partial charge in [0.2, 0.25) is 0 Å². The zero-order valence-electron chi connectivity index (χ0n) is 8.59. The summed E-state index contributed by atoms with van der Waals surface area (Å²) in [6, 6.07) is 0. The van der Waals surface area contributed by atoms with Crippen LogP contribution in [0.3, 0.4) is 0 Å². The summed E-state index contributed by atoms with van der Waals surface area (Å²) in [7, 11) is -2.90. The maximum absolute atomic E-state index is 12.0. The molecule has 0 aliphatic carbocycles. The molecule has 0 heterocycles. The first-order valence-electron chi connectivity index (χ1n) is 4.26. The molecule has 0 aliphatic heterocycles. The van der Waals surface area contributed by atoms with Crippen molar-refractivity contribution in [3.05, 3.63) is 0 Å². The molecular formula is C7H16LiO3P. The van der Waals surface area contributed by atoms with Gasteiger partial charge in [-0.25, -0.2) is 0 Å². The van der Waals surface area contributed by atoms with E-state index in [2.05, 4.69) is 0 Å². The Morgan fingerprint density at radius 1 is 1.25 bits per heavy atom. The molecule has 0 atom stereocenters. The van der Waals surface area contributed by atoms with Gasteiger partial charge in [0.05, 0.1) is 0 Å². The van der Waals surface area contributed by atoms with E-state index in [1.165, 1.54) is 0 Å². The first kappa shape index (κ1) is 12.7. The first-order valence-corrected chi connectivity index (χ1v) is 5.81. The summed E-state index contributed by atoms with van der Waals surface area (Å²) in [5.41, 5.74) is 0. The molecule has 3 nitrogen and oxygen atoms in total. The molecule has 0 aromatic carbocycles. The van der Waals surface area contributed by atoms with E-state index in [1.807, 2.05) is 45.4 Å². The van der Waals surface area contributed by atoms with Gasteiger partial charge in [0.1, 0.15) is 0 Å². The summed E-state index contributed by atoms with van der Waals surface area (Å²) in [5.74, 6) is 0. The fourth-order valence-corrected chi connectivity index (χ4v) is 2.29. The fourth-order valence-electron chi connectivity index (χ4n) is 0.764. The van der Waals surface area contributed by atoms with Gasteiger partial charge in [0.25, 0.3) is 0 Å². The summed E-state index contributed by atoms with van der Waals surface area (Å²) in [5, 5.41) is 0. The van der Waals surface area contributed by atoms with Crippen molar-refractivity contribution < 1.29 is 13.6 Å². The molecule has 68 valence electrons. The molecule has 0 amide bonds. The fraction of sp³-hybridized carbons (Fsp3) is 1.00. The Kier molecular flexibility index (Phi) is 5.14. The Bertz CT molecular complexity index is 166. The van der Waals surface area contributed by atoms with Gasteiger partial charge in [-0.1, -0.05) is 0 Å². The topological polar surface area (TPSA) is 35.5 Å². The van der Waals surface area contributed by atoms with Crippen LogP contribution in [-0.4, -0.2) is 34.8 Å². The van der Waals surface area contributed by atoms with E-state index < -0.39 is 11.4 Å². The van der Waals surface area contributed by atoms with E-state index in [0.29, 0.717) is 13.2 Å². The predicted molar refractivity (Wildman–Crippen MR) is 50.7 cm³/mol. The average molecular weight is 186 g/mol. The molecule has 0 unspecified atom stereocenters. The van der Waals surface area contributed by atoms with Crippen molar-refractivity contribution in [2.75, 3.05) is 13.2 Å². The molecule has 5 heteroatoms. The Hall–Kier alpha value is 0.747. The van der Waals surface area contributed by atoms with Crippen LogP contribution in [0, 0.1) is 0 Å². The van der Waals surface area contributed by atoms with E-state index in [0.717, 1.165) is 0 Å². The standard InChI is InChI=1S/C7H16O3P.Li/c1-5-9-11(8,7(3)4)10-6-2;/h5-6H2,1-4H3;. The molecule has 0 N–H and O–H groups in total. The minimum absolute atomic E-state index is 0.425. The predicted octanol–water partition coefficient (Wildman–Crippen LogP) is 2.16. The van der Waals surface area contributed by atoms with E-state index in [9.17, 15) is 4.57 Å². The van der Waals surface area contributed by atoms with Crippen LogP contribution < -0.4 is 0 Å². The Morgan fingerprint density at radius 2 is 1.58 bits per heavy atom. The van der Waals surface area contributed by atoms with Crippen LogP contribution in [0.2, 0.25) is 0 Å². The normalized spacial score (nSPS) is 13.5. The van der Waals surface area contributed by atoms with Gasteiger partial charge < -0.3 is 0 Å². The van der Waals surface area contributed by atoms with Crippen molar-refractivity contribution >= 4 is 25.3 Å². The van der Waals surface area contributed by atoms with Crippen LogP contribution in [0.5, 0.6) is 0 Å². The third-order valence-corrected chi connectivity index (χ3v) is 4.26. The van der Waals surface area contributed by atoms with Gasteiger partial charge >= 0.3 is 83.7 Å². The Morgan fingerprint density at radius 3 is 1.75 bits per heavy atom. The number of hydrogen-bond donors (Lipinski definition) is 0. The second-order valence-corrected chi connectivity index (χ2v) is 6.36. The first-order chi connectivity index (χ1) is 5.37.